The van der Waals surface area contributed by atoms with Crippen LogP contribution in [0.3, 0.4) is 0 Å². The summed E-state index contributed by atoms with van der Waals surface area (Å²) >= 11 is 0. The summed E-state index contributed by atoms with van der Waals surface area (Å²) in [5.74, 6) is 0. The van der Waals surface area contributed by atoms with E-state index in [2.05, 4.69) is 0 Å². The lowest BCUT2D eigenvalue weighted by molar-refractivity contribution is -0.386. The second-order valence-corrected chi connectivity index (χ2v) is 3.06. The molecule has 0 radical (unpaired) electrons. The third-order valence-electron chi connectivity index (χ3n) is 1.99. The van der Waals surface area contributed by atoms with E-state index in [1.807, 2.05) is 0 Å². The van der Waals surface area contributed by atoms with Crippen molar-refractivity contribution in [1.29, 1.82) is 5.26 Å². The van der Waals surface area contributed by atoms with Gasteiger partial charge in [0.25, 0.3) is 5.69 Å². The van der Waals surface area contributed by atoms with E-state index in [4.69, 9.17) is 10.4 Å². The third kappa shape index (κ3) is 2.51. The van der Waals surface area contributed by atoms with Crippen LogP contribution in [0.15, 0.2) is 12.1 Å². The number of nitrogens with zero attached hydrogens (tertiary/aromatic N) is 2. The maximum Gasteiger partial charge on any atom is 0.416 e. The van der Waals surface area contributed by atoms with Gasteiger partial charge in [-0.3, -0.25) is 10.1 Å². The molecule has 0 spiro atoms. The number of benzene rings is 1. The van der Waals surface area contributed by atoms with Gasteiger partial charge in [-0.25, -0.2) is 0 Å². The highest BCUT2D eigenvalue weighted by molar-refractivity contribution is 5.56. The molecule has 1 N–H and O–H groups in total. The first-order valence-electron chi connectivity index (χ1n) is 4.20. The molecule has 0 saturated heterocycles. The van der Waals surface area contributed by atoms with E-state index in [1.165, 1.54) is 6.07 Å². The first-order chi connectivity index (χ1) is 7.81. The summed E-state index contributed by atoms with van der Waals surface area (Å²) in [6, 6.07) is 2.15. The van der Waals surface area contributed by atoms with Crippen LogP contribution in [0, 0.1) is 21.4 Å². The smallest absolute Gasteiger partial charge is 0.391 e. The van der Waals surface area contributed by atoms with Gasteiger partial charge in [-0.2, -0.15) is 18.4 Å². The monoisotopic (exact) mass is 246 g/mol. The summed E-state index contributed by atoms with van der Waals surface area (Å²) in [6.45, 7) is -0.949. The van der Waals surface area contributed by atoms with Crippen LogP contribution in [0.1, 0.15) is 16.7 Å². The van der Waals surface area contributed by atoms with Gasteiger partial charge in [-0.15, -0.1) is 0 Å². The number of hydrogen-bond acceptors (Lipinski definition) is 4. The summed E-state index contributed by atoms with van der Waals surface area (Å²) in [5.41, 5.74) is -3.28. The molecule has 1 aromatic carbocycles. The van der Waals surface area contributed by atoms with Gasteiger partial charge in [0.2, 0.25) is 0 Å². The number of alkyl halides is 3. The second-order valence-electron chi connectivity index (χ2n) is 3.06. The molecule has 90 valence electrons. The van der Waals surface area contributed by atoms with Crippen LogP contribution >= 0.6 is 0 Å². The Morgan fingerprint density at radius 3 is 2.41 bits per heavy atom. The largest absolute Gasteiger partial charge is 0.416 e. The molecule has 17 heavy (non-hydrogen) atoms. The highest BCUT2D eigenvalue weighted by Crippen LogP contribution is 2.34. The maximum absolute atomic E-state index is 12.4. The standard InChI is InChI=1S/C9H5F3N2O3/c10-9(11,12)7-1-5(3-13)8(14(16)17)6(2-7)4-15/h1-2,15H,4H2. The quantitative estimate of drug-likeness (QED) is 0.638. The summed E-state index contributed by atoms with van der Waals surface area (Å²) in [4.78, 5) is 9.59. The van der Waals surface area contributed by atoms with E-state index in [-0.39, 0.29) is 0 Å². The minimum absolute atomic E-state index is 0.386. The highest BCUT2D eigenvalue weighted by Gasteiger charge is 2.34. The second kappa shape index (κ2) is 4.39. The Bertz CT molecular complexity index is 505. The first kappa shape index (κ1) is 12.9. The van der Waals surface area contributed by atoms with Crippen LogP contribution < -0.4 is 0 Å². The summed E-state index contributed by atoms with van der Waals surface area (Å²) in [6.07, 6.45) is -4.73. The van der Waals surface area contributed by atoms with Crippen LogP contribution in [0.2, 0.25) is 0 Å². The number of nitro groups is 1. The lowest BCUT2D eigenvalue weighted by Crippen LogP contribution is -2.08. The molecule has 0 unspecified atom stereocenters. The fraction of sp³-hybridized carbons (Fsp3) is 0.222. The molecule has 0 aliphatic rings. The van der Waals surface area contributed by atoms with E-state index in [1.54, 1.807) is 0 Å². The topological polar surface area (TPSA) is 87.2 Å². The summed E-state index contributed by atoms with van der Waals surface area (Å²) in [7, 11) is 0. The molecule has 0 amide bonds. The molecule has 0 heterocycles. The Morgan fingerprint density at radius 1 is 1.47 bits per heavy atom. The third-order valence-corrected chi connectivity index (χ3v) is 1.99. The molecule has 1 aromatic rings. The zero-order chi connectivity index (χ0) is 13.2. The molecule has 0 fully saturated rings. The van der Waals surface area contributed by atoms with Gasteiger partial charge in [0.05, 0.1) is 22.7 Å². The number of nitro benzene ring substituents is 1. The lowest BCUT2D eigenvalue weighted by Gasteiger charge is -2.09. The molecule has 0 saturated carbocycles. The van der Waals surface area contributed by atoms with Crippen molar-refractivity contribution in [2.24, 2.45) is 0 Å². The minimum atomic E-state index is -4.73. The Hall–Kier alpha value is -2.14. The summed E-state index contributed by atoms with van der Waals surface area (Å²) in [5, 5.41) is 28.0. The van der Waals surface area contributed by atoms with Crippen LogP contribution in [0.25, 0.3) is 0 Å². The van der Waals surface area contributed by atoms with Crippen molar-refractivity contribution in [3.63, 3.8) is 0 Å². The molecule has 5 nitrogen and oxygen atoms in total. The Morgan fingerprint density at radius 2 is 2.06 bits per heavy atom. The molecular formula is C9H5F3N2O3. The lowest BCUT2D eigenvalue weighted by atomic mass is 10.0. The van der Waals surface area contributed by atoms with Gasteiger partial charge in [-0.1, -0.05) is 0 Å². The minimum Gasteiger partial charge on any atom is -0.391 e. The number of hydrogen-bond donors (Lipinski definition) is 1. The van der Waals surface area contributed by atoms with E-state index in [0.717, 1.165) is 0 Å². The number of rotatable bonds is 2. The molecule has 0 aromatic heterocycles. The van der Waals surface area contributed by atoms with Crippen molar-refractivity contribution in [3.8, 4) is 6.07 Å². The molecule has 8 heteroatoms. The first-order valence-corrected chi connectivity index (χ1v) is 4.20. The number of aliphatic hydroxyl groups is 1. The Balaban J connectivity index is 3.58. The molecule has 0 aliphatic carbocycles. The van der Waals surface area contributed by atoms with Gasteiger partial charge in [-0.05, 0) is 12.1 Å². The number of nitriles is 1. The average molecular weight is 246 g/mol. The van der Waals surface area contributed by atoms with Crippen molar-refractivity contribution in [3.05, 3.63) is 38.9 Å². The fourth-order valence-corrected chi connectivity index (χ4v) is 1.28. The van der Waals surface area contributed by atoms with Crippen molar-refractivity contribution >= 4 is 5.69 Å². The molecule has 0 aliphatic heterocycles. The molecule has 0 bridgehead atoms. The molecule has 0 atom stereocenters. The van der Waals surface area contributed by atoms with Crippen LogP contribution in [0.4, 0.5) is 18.9 Å². The summed E-state index contributed by atoms with van der Waals surface area (Å²) < 4.78 is 37.2. The van der Waals surface area contributed by atoms with Gasteiger partial charge >= 0.3 is 6.18 Å². The van der Waals surface area contributed by atoms with E-state index < -0.39 is 40.1 Å². The molecular weight excluding hydrogens is 241 g/mol. The predicted molar refractivity (Wildman–Crippen MR) is 48.7 cm³/mol. The Kier molecular flexibility index (Phi) is 3.34. The van der Waals surface area contributed by atoms with Gasteiger partial charge < -0.3 is 5.11 Å². The van der Waals surface area contributed by atoms with Crippen molar-refractivity contribution in [2.45, 2.75) is 12.8 Å². The zero-order valence-electron chi connectivity index (χ0n) is 8.15. The Labute approximate surface area is 92.9 Å². The van der Waals surface area contributed by atoms with Gasteiger partial charge in [0.1, 0.15) is 11.6 Å². The number of aliphatic hydroxyl groups excluding tert-OH is 1. The number of halogens is 3. The van der Waals surface area contributed by atoms with E-state index in [9.17, 15) is 23.3 Å². The van der Waals surface area contributed by atoms with Gasteiger partial charge in [0, 0.05) is 0 Å². The average Bonchev–Trinajstić information content (AvgIpc) is 2.25. The highest BCUT2D eigenvalue weighted by atomic mass is 19.4. The zero-order valence-corrected chi connectivity index (χ0v) is 8.15. The molecule has 1 rings (SSSR count). The normalized spacial score (nSPS) is 11.0. The van der Waals surface area contributed by atoms with E-state index >= 15 is 0 Å². The van der Waals surface area contributed by atoms with E-state index in [0.29, 0.717) is 12.1 Å². The fourth-order valence-electron chi connectivity index (χ4n) is 1.28. The predicted octanol–water partition coefficient (Wildman–Crippen LogP) is 1.98. The van der Waals surface area contributed by atoms with Crippen molar-refractivity contribution < 1.29 is 23.2 Å². The maximum atomic E-state index is 12.4. The van der Waals surface area contributed by atoms with Crippen LogP contribution in [-0.2, 0) is 12.8 Å². The van der Waals surface area contributed by atoms with Crippen LogP contribution in [-0.4, -0.2) is 10.0 Å². The van der Waals surface area contributed by atoms with Gasteiger partial charge in [0.15, 0.2) is 0 Å². The van der Waals surface area contributed by atoms with Crippen molar-refractivity contribution in [2.75, 3.05) is 0 Å². The SMILES string of the molecule is N#Cc1cc(C(F)(F)F)cc(CO)c1[N+](=O)[O-]. The van der Waals surface area contributed by atoms with Crippen molar-refractivity contribution in [1.82, 2.24) is 0 Å². The van der Waals surface area contributed by atoms with Crippen LogP contribution in [0.5, 0.6) is 0 Å².